The molecule has 2 saturated heterocycles. The molecule has 1 atom stereocenters. The maximum atomic E-state index is 13.7. The van der Waals surface area contributed by atoms with Gasteiger partial charge >= 0.3 is 6.03 Å². The summed E-state index contributed by atoms with van der Waals surface area (Å²) in [5.41, 5.74) is 3.87. The fraction of sp³-hybridized carbons (Fsp3) is 0.324. The third-order valence-corrected chi connectivity index (χ3v) is 9.68. The number of aryl methyl sites for hydroxylation is 1. The molecule has 2 fully saturated rings. The average Bonchev–Trinajstić information content (AvgIpc) is 3.42. The van der Waals surface area contributed by atoms with Crippen molar-refractivity contribution in [3.8, 4) is 11.5 Å². The van der Waals surface area contributed by atoms with Crippen LogP contribution in [0.1, 0.15) is 23.3 Å². The van der Waals surface area contributed by atoms with Crippen molar-refractivity contribution >= 4 is 56.3 Å². The summed E-state index contributed by atoms with van der Waals surface area (Å²) in [6.45, 7) is 11.1. The van der Waals surface area contributed by atoms with Crippen LogP contribution in [-0.4, -0.2) is 78.7 Å². The summed E-state index contributed by atoms with van der Waals surface area (Å²) in [4.78, 5) is 38.9. The Bertz CT molecular complexity index is 1750. The van der Waals surface area contributed by atoms with E-state index in [-0.39, 0.29) is 18.0 Å². The minimum absolute atomic E-state index is 0.0693. The standard InChI is InChI=1S/C34H36N6O4S/c1-22-19-26(44-25-8-4-3-5-9-25)10-11-27(22)40-28-12-13-35-33-30(28)31(37-34(40)42)32(45-33)23(2)36-24-7-6-14-39(20-24)29(41)21-38-15-17-43-18-16-38/h3-5,8-13,19,24,36H,2,6-7,14-18,20-21H2,1H3,(H,37,42). The van der Waals surface area contributed by atoms with Crippen LogP contribution in [0.4, 0.5) is 21.9 Å². The Labute approximate surface area is 266 Å². The van der Waals surface area contributed by atoms with Gasteiger partial charge in [-0.2, -0.15) is 0 Å². The van der Waals surface area contributed by atoms with E-state index in [1.807, 2.05) is 66.4 Å². The molecule has 3 aliphatic rings. The highest BCUT2D eigenvalue weighted by atomic mass is 32.1. The number of nitrogens with one attached hydrogen (secondary N) is 2. The molecule has 2 N–H and O–H groups in total. The number of ether oxygens (including phenoxy) is 2. The molecule has 0 spiro atoms. The van der Waals surface area contributed by atoms with E-state index in [0.29, 0.717) is 32.1 Å². The number of morpholine rings is 1. The van der Waals surface area contributed by atoms with Gasteiger partial charge in [-0.15, -0.1) is 11.3 Å². The number of carbonyl (C=O) groups excluding carboxylic acids is 2. The van der Waals surface area contributed by atoms with Crippen molar-refractivity contribution in [2.24, 2.45) is 0 Å². The molecular weight excluding hydrogens is 588 g/mol. The third kappa shape index (κ3) is 5.98. The number of anilines is 3. The summed E-state index contributed by atoms with van der Waals surface area (Å²) in [7, 11) is 0. The first-order valence-corrected chi connectivity index (χ1v) is 16.2. The van der Waals surface area contributed by atoms with Gasteiger partial charge in [-0.1, -0.05) is 24.8 Å². The normalized spacial score (nSPS) is 18.5. The Morgan fingerprint density at radius 2 is 1.93 bits per heavy atom. The van der Waals surface area contributed by atoms with E-state index in [1.54, 1.807) is 11.1 Å². The number of nitrogens with zero attached hydrogens (tertiary/aromatic N) is 4. The highest BCUT2D eigenvalue weighted by Gasteiger charge is 2.33. The van der Waals surface area contributed by atoms with Gasteiger partial charge in [-0.05, 0) is 61.7 Å². The zero-order chi connectivity index (χ0) is 30.9. The molecule has 3 aliphatic heterocycles. The number of rotatable bonds is 8. The van der Waals surface area contributed by atoms with Crippen LogP contribution in [0.3, 0.4) is 0 Å². The number of benzene rings is 2. The van der Waals surface area contributed by atoms with Crippen molar-refractivity contribution in [1.82, 2.24) is 20.1 Å². The van der Waals surface area contributed by atoms with Gasteiger partial charge in [0, 0.05) is 44.1 Å². The van der Waals surface area contributed by atoms with Crippen LogP contribution in [0.2, 0.25) is 0 Å². The number of aromatic nitrogens is 1. The minimum Gasteiger partial charge on any atom is -0.457 e. The first kappa shape index (κ1) is 29.3. The zero-order valence-electron chi connectivity index (χ0n) is 25.3. The first-order chi connectivity index (χ1) is 21.9. The van der Waals surface area contributed by atoms with E-state index in [0.717, 1.165) is 81.6 Å². The molecular formula is C34H36N6O4S. The van der Waals surface area contributed by atoms with Gasteiger partial charge in [0.05, 0.1) is 47.1 Å². The second kappa shape index (κ2) is 12.5. The number of amides is 3. The van der Waals surface area contributed by atoms with Gasteiger partial charge in [-0.25, -0.2) is 9.78 Å². The number of para-hydroxylation sites is 1. The second-order valence-corrected chi connectivity index (χ2v) is 12.6. The predicted octanol–water partition coefficient (Wildman–Crippen LogP) is 5.96. The lowest BCUT2D eigenvalue weighted by molar-refractivity contribution is -0.134. The monoisotopic (exact) mass is 624 g/mol. The summed E-state index contributed by atoms with van der Waals surface area (Å²) in [5.74, 6) is 1.60. The van der Waals surface area contributed by atoms with E-state index < -0.39 is 0 Å². The van der Waals surface area contributed by atoms with E-state index in [9.17, 15) is 9.59 Å². The SMILES string of the molecule is C=C(NC1CCCN(C(=O)CN2CCOCC2)C1)c1sc2nccc3c2c1NC(=O)N3c1ccc(Oc2ccccc2)cc1C. The number of likely N-dealkylation sites (tertiary alicyclic amines) is 1. The number of carbonyl (C=O) groups is 2. The van der Waals surface area contributed by atoms with Crippen molar-refractivity contribution in [3.05, 3.63) is 77.8 Å². The molecule has 4 aromatic rings. The molecule has 0 bridgehead atoms. The fourth-order valence-corrected chi connectivity index (χ4v) is 7.34. The van der Waals surface area contributed by atoms with Crippen LogP contribution in [0, 0.1) is 6.92 Å². The van der Waals surface area contributed by atoms with Crippen LogP contribution < -0.4 is 20.3 Å². The summed E-state index contributed by atoms with van der Waals surface area (Å²) in [6.07, 6.45) is 3.60. The van der Waals surface area contributed by atoms with Crippen LogP contribution in [0.5, 0.6) is 11.5 Å². The van der Waals surface area contributed by atoms with E-state index >= 15 is 0 Å². The molecule has 10 nitrogen and oxygen atoms in total. The third-order valence-electron chi connectivity index (χ3n) is 8.52. The first-order valence-electron chi connectivity index (χ1n) is 15.3. The van der Waals surface area contributed by atoms with Gasteiger partial charge < -0.3 is 25.0 Å². The van der Waals surface area contributed by atoms with Gasteiger partial charge in [0.1, 0.15) is 16.3 Å². The molecule has 1 unspecified atom stereocenters. The molecule has 5 heterocycles. The Kier molecular flexibility index (Phi) is 8.14. The van der Waals surface area contributed by atoms with Crippen molar-refractivity contribution in [2.75, 3.05) is 56.2 Å². The lowest BCUT2D eigenvalue weighted by Gasteiger charge is -2.36. The number of hydrogen-bond acceptors (Lipinski definition) is 8. The highest BCUT2D eigenvalue weighted by molar-refractivity contribution is 7.20. The zero-order valence-corrected chi connectivity index (χ0v) is 26.1. The molecule has 0 saturated carbocycles. The molecule has 232 valence electrons. The van der Waals surface area contributed by atoms with Gasteiger partial charge in [-0.3, -0.25) is 14.6 Å². The Morgan fingerprint density at radius 3 is 2.73 bits per heavy atom. The predicted molar refractivity (Wildman–Crippen MR) is 178 cm³/mol. The van der Waals surface area contributed by atoms with Crippen LogP contribution in [-0.2, 0) is 9.53 Å². The van der Waals surface area contributed by atoms with Crippen LogP contribution >= 0.6 is 11.3 Å². The lowest BCUT2D eigenvalue weighted by atomic mass is 10.0. The second-order valence-electron chi connectivity index (χ2n) is 11.6. The lowest BCUT2D eigenvalue weighted by Crippen LogP contribution is -2.51. The van der Waals surface area contributed by atoms with Gasteiger partial charge in [0.25, 0.3) is 0 Å². The van der Waals surface area contributed by atoms with E-state index in [4.69, 9.17) is 9.47 Å². The number of pyridine rings is 1. The minimum atomic E-state index is -0.250. The highest BCUT2D eigenvalue weighted by Crippen LogP contribution is 2.48. The van der Waals surface area contributed by atoms with Crippen molar-refractivity contribution in [2.45, 2.75) is 25.8 Å². The average molecular weight is 625 g/mol. The summed E-state index contributed by atoms with van der Waals surface area (Å²) >= 11 is 1.50. The maximum Gasteiger partial charge on any atom is 0.331 e. The largest absolute Gasteiger partial charge is 0.457 e. The van der Waals surface area contributed by atoms with Crippen LogP contribution in [0.25, 0.3) is 15.9 Å². The fourth-order valence-electron chi connectivity index (χ4n) is 6.29. The Morgan fingerprint density at radius 1 is 1.11 bits per heavy atom. The van der Waals surface area contributed by atoms with Crippen molar-refractivity contribution in [1.29, 1.82) is 0 Å². The van der Waals surface area contributed by atoms with Crippen LogP contribution in [0.15, 0.2) is 67.4 Å². The number of hydrogen-bond donors (Lipinski definition) is 2. The summed E-state index contributed by atoms with van der Waals surface area (Å²) < 4.78 is 11.4. The van der Waals surface area contributed by atoms with E-state index in [2.05, 4.69) is 27.1 Å². The Balaban J connectivity index is 1.09. The van der Waals surface area contributed by atoms with Crippen molar-refractivity contribution in [3.63, 3.8) is 0 Å². The molecule has 11 heteroatoms. The quantitative estimate of drug-likeness (QED) is 0.250. The topological polar surface area (TPSA) is 99.3 Å². The number of piperidine rings is 1. The summed E-state index contributed by atoms with van der Waals surface area (Å²) in [6, 6.07) is 17.0. The van der Waals surface area contributed by atoms with Gasteiger partial charge in [0.2, 0.25) is 5.91 Å². The van der Waals surface area contributed by atoms with Gasteiger partial charge in [0.15, 0.2) is 0 Å². The molecule has 0 radical (unpaired) electrons. The Hall–Kier alpha value is -4.45. The molecule has 2 aromatic carbocycles. The number of urea groups is 1. The smallest absolute Gasteiger partial charge is 0.331 e. The maximum absolute atomic E-state index is 13.7. The van der Waals surface area contributed by atoms with Crippen molar-refractivity contribution < 1.29 is 19.1 Å². The molecule has 45 heavy (non-hydrogen) atoms. The summed E-state index contributed by atoms with van der Waals surface area (Å²) in [5, 5.41) is 7.60. The molecule has 0 aliphatic carbocycles. The van der Waals surface area contributed by atoms with E-state index in [1.165, 1.54) is 11.3 Å². The molecule has 7 rings (SSSR count). The number of thiophene rings is 1. The molecule has 3 amide bonds. The molecule has 2 aromatic heterocycles.